The van der Waals surface area contributed by atoms with Crippen molar-refractivity contribution in [1.82, 2.24) is 20.4 Å². The fraction of sp³-hybridized carbons (Fsp3) is 0.526. The summed E-state index contributed by atoms with van der Waals surface area (Å²) in [5.41, 5.74) is 2.45. The maximum Gasteiger partial charge on any atom is 0.0690 e. The second-order valence-electron chi connectivity index (χ2n) is 6.60. The summed E-state index contributed by atoms with van der Waals surface area (Å²) in [5, 5.41) is 11.7. The van der Waals surface area contributed by atoms with Crippen molar-refractivity contribution < 1.29 is 0 Å². The van der Waals surface area contributed by atoms with E-state index in [1.54, 1.807) is 0 Å². The first-order valence-electron chi connectivity index (χ1n) is 8.87. The first-order chi connectivity index (χ1) is 11.3. The molecule has 23 heavy (non-hydrogen) atoms. The number of rotatable bonds is 6. The summed E-state index contributed by atoms with van der Waals surface area (Å²) in [6, 6.07) is 11.6. The van der Waals surface area contributed by atoms with Crippen molar-refractivity contribution in [1.29, 1.82) is 0 Å². The molecule has 1 aromatic carbocycles. The second kappa shape index (κ2) is 8.27. The van der Waals surface area contributed by atoms with E-state index in [0.717, 1.165) is 12.2 Å². The monoisotopic (exact) mass is 312 g/mol. The zero-order valence-corrected chi connectivity index (χ0v) is 14.0. The zero-order chi connectivity index (χ0) is 15.9. The number of hydrogen-bond donors (Lipinski definition) is 2. The number of benzene rings is 1. The molecule has 0 radical (unpaired) electrons. The third-order valence-corrected chi connectivity index (χ3v) is 4.68. The van der Waals surface area contributed by atoms with Crippen molar-refractivity contribution in [3.05, 3.63) is 48.3 Å². The largest absolute Gasteiger partial charge is 0.314 e. The fourth-order valence-corrected chi connectivity index (χ4v) is 3.39. The number of para-hydroxylation sites is 1. The van der Waals surface area contributed by atoms with Crippen molar-refractivity contribution in [2.45, 2.75) is 57.7 Å². The lowest BCUT2D eigenvalue weighted by Crippen LogP contribution is -2.36. The Bertz CT molecular complexity index is 571. The van der Waals surface area contributed by atoms with Crippen LogP contribution in [-0.4, -0.2) is 28.4 Å². The summed E-state index contributed by atoms with van der Waals surface area (Å²) in [5.74, 6) is 0. The molecule has 1 saturated heterocycles. The van der Waals surface area contributed by atoms with Crippen LogP contribution < -0.4 is 10.6 Å². The standard InChI is InChI=1S/C19H28N4/c1-16(14-18-9-3-2-6-11-20-18)21-15-17-8-4-5-10-19(17)23-13-7-12-22-23/h4-5,7-8,10,12-13,16,18,20-21H,2-3,6,9,11,14-15H2,1H3. The van der Waals surface area contributed by atoms with Crippen molar-refractivity contribution in [3.8, 4) is 5.69 Å². The van der Waals surface area contributed by atoms with Gasteiger partial charge in [-0.05, 0) is 50.4 Å². The lowest BCUT2D eigenvalue weighted by molar-refractivity contribution is 0.402. The Morgan fingerprint density at radius 3 is 3.04 bits per heavy atom. The van der Waals surface area contributed by atoms with Gasteiger partial charge in [0.1, 0.15) is 0 Å². The Hall–Kier alpha value is -1.65. The molecule has 3 rings (SSSR count). The minimum absolute atomic E-state index is 0.510. The molecule has 2 aromatic rings. The van der Waals surface area contributed by atoms with Gasteiger partial charge in [0.15, 0.2) is 0 Å². The zero-order valence-electron chi connectivity index (χ0n) is 14.0. The highest BCUT2D eigenvalue weighted by molar-refractivity contribution is 5.40. The van der Waals surface area contributed by atoms with E-state index in [2.05, 4.69) is 46.9 Å². The molecular formula is C19H28N4. The van der Waals surface area contributed by atoms with Crippen LogP contribution in [0.2, 0.25) is 0 Å². The van der Waals surface area contributed by atoms with Crippen molar-refractivity contribution >= 4 is 0 Å². The van der Waals surface area contributed by atoms with Crippen LogP contribution in [0.15, 0.2) is 42.7 Å². The Kier molecular flexibility index (Phi) is 5.83. The predicted molar refractivity (Wildman–Crippen MR) is 94.7 cm³/mol. The molecule has 124 valence electrons. The minimum Gasteiger partial charge on any atom is -0.314 e. The molecule has 2 N–H and O–H groups in total. The molecule has 2 heterocycles. The van der Waals surface area contributed by atoms with Crippen LogP contribution in [0.4, 0.5) is 0 Å². The highest BCUT2D eigenvalue weighted by Gasteiger charge is 2.15. The maximum atomic E-state index is 4.36. The van der Waals surface area contributed by atoms with E-state index < -0.39 is 0 Å². The normalized spacial score (nSPS) is 20.1. The smallest absolute Gasteiger partial charge is 0.0690 e. The van der Waals surface area contributed by atoms with Crippen molar-refractivity contribution in [2.24, 2.45) is 0 Å². The second-order valence-corrected chi connectivity index (χ2v) is 6.60. The predicted octanol–water partition coefficient (Wildman–Crippen LogP) is 3.27. The van der Waals surface area contributed by atoms with Gasteiger partial charge in [-0.3, -0.25) is 0 Å². The molecule has 0 saturated carbocycles. The van der Waals surface area contributed by atoms with E-state index in [-0.39, 0.29) is 0 Å². The highest BCUT2D eigenvalue weighted by Crippen LogP contribution is 2.15. The van der Waals surface area contributed by atoms with Crippen molar-refractivity contribution in [2.75, 3.05) is 6.54 Å². The first kappa shape index (κ1) is 16.2. The number of nitrogens with one attached hydrogen (secondary N) is 2. The van der Waals surface area contributed by atoms with Crippen LogP contribution in [0, 0.1) is 0 Å². The first-order valence-corrected chi connectivity index (χ1v) is 8.87. The molecule has 1 aliphatic rings. The van der Waals surface area contributed by atoms with Gasteiger partial charge in [-0.25, -0.2) is 4.68 Å². The molecule has 2 atom stereocenters. The third kappa shape index (κ3) is 4.66. The number of hydrogen-bond acceptors (Lipinski definition) is 3. The third-order valence-electron chi connectivity index (χ3n) is 4.68. The van der Waals surface area contributed by atoms with Crippen LogP contribution in [0.3, 0.4) is 0 Å². The summed E-state index contributed by atoms with van der Waals surface area (Å²) in [7, 11) is 0. The van der Waals surface area contributed by atoms with Crippen LogP contribution in [-0.2, 0) is 6.54 Å². The number of nitrogens with zero attached hydrogens (tertiary/aromatic N) is 2. The summed E-state index contributed by atoms with van der Waals surface area (Å²) in [6.45, 7) is 4.35. The lowest BCUT2D eigenvalue weighted by atomic mass is 10.0. The molecule has 0 aliphatic carbocycles. The van der Waals surface area contributed by atoms with Gasteiger partial charge in [0.2, 0.25) is 0 Å². The molecule has 0 spiro atoms. The van der Waals surface area contributed by atoms with Crippen LogP contribution in [0.25, 0.3) is 5.69 Å². The maximum absolute atomic E-state index is 4.36. The molecule has 4 heteroatoms. The van der Waals surface area contributed by atoms with E-state index >= 15 is 0 Å². The van der Waals surface area contributed by atoms with Gasteiger partial charge in [-0.15, -0.1) is 0 Å². The van der Waals surface area contributed by atoms with Gasteiger partial charge in [0, 0.05) is 31.0 Å². The average Bonchev–Trinajstić information content (AvgIpc) is 2.99. The van der Waals surface area contributed by atoms with E-state index in [4.69, 9.17) is 0 Å². The van der Waals surface area contributed by atoms with Crippen LogP contribution >= 0.6 is 0 Å². The van der Waals surface area contributed by atoms with Crippen LogP contribution in [0.5, 0.6) is 0 Å². The minimum atomic E-state index is 0.510. The van der Waals surface area contributed by atoms with Gasteiger partial charge >= 0.3 is 0 Å². The van der Waals surface area contributed by atoms with Gasteiger partial charge in [-0.2, -0.15) is 5.10 Å². The van der Waals surface area contributed by atoms with Crippen molar-refractivity contribution in [3.63, 3.8) is 0 Å². The van der Waals surface area contributed by atoms with Gasteiger partial charge in [0.05, 0.1) is 5.69 Å². The van der Waals surface area contributed by atoms with Gasteiger partial charge < -0.3 is 10.6 Å². The van der Waals surface area contributed by atoms with Gasteiger partial charge in [-0.1, -0.05) is 31.0 Å². The lowest BCUT2D eigenvalue weighted by Gasteiger charge is -2.22. The summed E-state index contributed by atoms with van der Waals surface area (Å²) < 4.78 is 1.94. The molecule has 1 fully saturated rings. The van der Waals surface area contributed by atoms with E-state index in [1.165, 1.54) is 44.2 Å². The summed E-state index contributed by atoms with van der Waals surface area (Å²) in [6.07, 6.45) is 10.4. The SMILES string of the molecule is CC(CC1CCCCCN1)NCc1ccccc1-n1cccn1. The Morgan fingerprint density at radius 1 is 1.26 bits per heavy atom. The summed E-state index contributed by atoms with van der Waals surface area (Å²) in [4.78, 5) is 0. The fourth-order valence-electron chi connectivity index (χ4n) is 3.39. The molecule has 0 amide bonds. The molecule has 2 unspecified atom stereocenters. The Morgan fingerprint density at radius 2 is 2.17 bits per heavy atom. The molecular weight excluding hydrogens is 284 g/mol. The molecule has 1 aromatic heterocycles. The van der Waals surface area contributed by atoms with Gasteiger partial charge in [0.25, 0.3) is 0 Å². The number of aromatic nitrogens is 2. The van der Waals surface area contributed by atoms with E-state index in [1.807, 2.05) is 23.1 Å². The summed E-state index contributed by atoms with van der Waals surface area (Å²) >= 11 is 0. The quantitative estimate of drug-likeness (QED) is 0.860. The Balaban J connectivity index is 1.56. The molecule has 0 bridgehead atoms. The molecule has 4 nitrogen and oxygen atoms in total. The Labute approximate surface area is 139 Å². The van der Waals surface area contributed by atoms with Crippen LogP contribution in [0.1, 0.15) is 44.6 Å². The van der Waals surface area contributed by atoms with E-state index in [9.17, 15) is 0 Å². The molecule has 1 aliphatic heterocycles. The topological polar surface area (TPSA) is 41.9 Å². The van der Waals surface area contributed by atoms with E-state index in [0.29, 0.717) is 12.1 Å². The highest BCUT2D eigenvalue weighted by atomic mass is 15.3. The average molecular weight is 312 g/mol.